The summed E-state index contributed by atoms with van der Waals surface area (Å²) in [6.45, 7) is 0. The molecule has 0 aliphatic heterocycles. The van der Waals surface area contributed by atoms with Gasteiger partial charge in [-0.25, -0.2) is 5.06 Å². The van der Waals surface area contributed by atoms with Crippen LogP contribution < -0.4 is 0 Å². The van der Waals surface area contributed by atoms with E-state index < -0.39 is 0 Å². The Balaban J connectivity index is 2.76. The molecule has 0 N–H and O–H groups in total. The monoisotopic (exact) mass is 225 g/mol. The van der Waals surface area contributed by atoms with Gasteiger partial charge in [0.15, 0.2) is 0 Å². The quantitative estimate of drug-likeness (QED) is 0.579. The minimum atomic E-state index is -0.0426. The molecule has 0 radical (unpaired) electrons. The van der Waals surface area contributed by atoms with Crippen molar-refractivity contribution in [2.75, 3.05) is 20.4 Å². The van der Waals surface area contributed by atoms with Crippen molar-refractivity contribution in [1.29, 1.82) is 0 Å². The molecule has 0 unspecified atom stereocenters. The first-order valence-electron chi connectivity index (χ1n) is 4.61. The van der Waals surface area contributed by atoms with E-state index in [2.05, 4.69) is 0 Å². The van der Waals surface area contributed by atoms with Gasteiger partial charge in [0.2, 0.25) is 5.91 Å². The van der Waals surface area contributed by atoms with Crippen molar-refractivity contribution in [3.8, 4) is 0 Å². The summed E-state index contributed by atoms with van der Waals surface area (Å²) < 4.78 is 0. The van der Waals surface area contributed by atoms with Crippen LogP contribution in [0.15, 0.2) is 29.2 Å². The fourth-order valence-corrected chi connectivity index (χ4v) is 1.84. The van der Waals surface area contributed by atoms with Crippen LogP contribution in [0, 0.1) is 0 Å². The molecule has 0 aliphatic rings. The molecule has 0 aliphatic carbocycles. The fourth-order valence-electron chi connectivity index (χ4n) is 1.23. The molecular formula is C11H15NO2S. The van der Waals surface area contributed by atoms with Crippen LogP contribution in [0.25, 0.3) is 0 Å². The van der Waals surface area contributed by atoms with Gasteiger partial charge in [-0.2, -0.15) is 0 Å². The zero-order valence-corrected chi connectivity index (χ0v) is 10.0. The Morgan fingerprint density at radius 3 is 2.73 bits per heavy atom. The van der Waals surface area contributed by atoms with E-state index in [4.69, 9.17) is 4.84 Å². The van der Waals surface area contributed by atoms with Crippen LogP contribution in [-0.4, -0.2) is 31.4 Å². The smallest absolute Gasteiger partial charge is 0.250 e. The molecule has 0 saturated heterocycles. The van der Waals surface area contributed by atoms with Crippen molar-refractivity contribution in [3.05, 3.63) is 29.8 Å². The van der Waals surface area contributed by atoms with Gasteiger partial charge in [0.05, 0.1) is 13.5 Å². The van der Waals surface area contributed by atoms with Crippen LogP contribution in [0.4, 0.5) is 0 Å². The molecule has 15 heavy (non-hydrogen) atoms. The van der Waals surface area contributed by atoms with E-state index in [1.165, 1.54) is 12.2 Å². The largest absolute Gasteiger partial charge is 0.275 e. The Kier molecular flexibility index (Phi) is 4.65. The summed E-state index contributed by atoms with van der Waals surface area (Å²) in [4.78, 5) is 17.6. The number of amides is 1. The third-order valence-corrected chi connectivity index (χ3v) is 3.00. The summed E-state index contributed by atoms with van der Waals surface area (Å²) in [5.74, 6) is -0.0426. The maximum Gasteiger partial charge on any atom is 0.250 e. The molecular weight excluding hydrogens is 210 g/mol. The Hall–Kier alpha value is -1.00. The minimum Gasteiger partial charge on any atom is -0.275 e. The van der Waals surface area contributed by atoms with Crippen LogP contribution >= 0.6 is 11.8 Å². The third-order valence-electron chi connectivity index (χ3n) is 2.16. The van der Waals surface area contributed by atoms with Crippen molar-refractivity contribution >= 4 is 17.7 Å². The van der Waals surface area contributed by atoms with Gasteiger partial charge in [-0.3, -0.25) is 9.63 Å². The average molecular weight is 225 g/mol. The Morgan fingerprint density at radius 1 is 1.47 bits per heavy atom. The van der Waals surface area contributed by atoms with Crippen LogP contribution in [0.3, 0.4) is 0 Å². The maximum atomic E-state index is 11.6. The molecule has 3 nitrogen and oxygen atoms in total. The van der Waals surface area contributed by atoms with E-state index in [0.717, 1.165) is 10.5 Å². The van der Waals surface area contributed by atoms with Gasteiger partial charge in [-0.15, -0.1) is 11.8 Å². The lowest BCUT2D eigenvalue weighted by Gasteiger charge is -2.14. The van der Waals surface area contributed by atoms with Gasteiger partial charge < -0.3 is 0 Å². The Labute approximate surface area is 94.4 Å². The zero-order chi connectivity index (χ0) is 11.3. The highest BCUT2D eigenvalue weighted by atomic mass is 32.2. The SMILES string of the molecule is CON(C)C(=O)Cc1ccccc1SC. The molecule has 82 valence electrons. The molecule has 0 saturated carbocycles. The third kappa shape index (κ3) is 3.25. The van der Waals surface area contributed by atoms with Crippen molar-refractivity contribution in [1.82, 2.24) is 5.06 Å². The van der Waals surface area contributed by atoms with Gasteiger partial charge in [-0.05, 0) is 17.9 Å². The predicted octanol–water partition coefficient (Wildman–Crippen LogP) is 1.97. The summed E-state index contributed by atoms with van der Waals surface area (Å²) in [5.41, 5.74) is 1.04. The van der Waals surface area contributed by atoms with Crippen LogP contribution in [0.5, 0.6) is 0 Å². The van der Waals surface area contributed by atoms with Gasteiger partial charge in [0, 0.05) is 11.9 Å². The standard InChI is InChI=1S/C11H15NO2S/c1-12(14-2)11(13)8-9-6-4-5-7-10(9)15-3/h4-7H,8H2,1-3H3. The topological polar surface area (TPSA) is 29.5 Å². The molecule has 1 aromatic carbocycles. The number of hydroxylamine groups is 2. The number of carbonyl (C=O) groups excluding carboxylic acids is 1. The van der Waals surface area contributed by atoms with Gasteiger partial charge in [-0.1, -0.05) is 18.2 Å². The lowest BCUT2D eigenvalue weighted by atomic mass is 10.1. The maximum absolute atomic E-state index is 11.6. The Morgan fingerprint density at radius 2 is 2.13 bits per heavy atom. The van der Waals surface area contributed by atoms with Crippen molar-refractivity contribution < 1.29 is 9.63 Å². The van der Waals surface area contributed by atoms with E-state index in [-0.39, 0.29) is 5.91 Å². The number of nitrogens with zero attached hydrogens (tertiary/aromatic N) is 1. The molecule has 1 rings (SSSR count). The number of benzene rings is 1. The second-order valence-electron chi connectivity index (χ2n) is 3.06. The molecule has 0 aromatic heterocycles. The minimum absolute atomic E-state index is 0.0426. The normalized spacial score (nSPS) is 10.1. The number of hydrogen-bond donors (Lipinski definition) is 0. The van der Waals surface area contributed by atoms with E-state index in [1.807, 2.05) is 30.5 Å². The van der Waals surface area contributed by atoms with Gasteiger partial charge in [0.25, 0.3) is 0 Å². The molecule has 1 aromatic rings. The Bertz CT molecular complexity index is 341. The number of rotatable bonds is 4. The highest BCUT2D eigenvalue weighted by Crippen LogP contribution is 2.20. The molecule has 0 bridgehead atoms. The number of likely N-dealkylation sites (N-methyl/N-ethyl adjacent to an activating group) is 1. The fraction of sp³-hybridized carbons (Fsp3) is 0.364. The molecule has 0 atom stereocenters. The van der Waals surface area contributed by atoms with Crippen molar-refractivity contribution in [2.24, 2.45) is 0 Å². The van der Waals surface area contributed by atoms with E-state index in [9.17, 15) is 4.79 Å². The van der Waals surface area contributed by atoms with E-state index >= 15 is 0 Å². The highest BCUT2D eigenvalue weighted by Gasteiger charge is 2.10. The molecule has 4 heteroatoms. The second-order valence-corrected chi connectivity index (χ2v) is 3.91. The van der Waals surface area contributed by atoms with Crippen molar-refractivity contribution in [3.63, 3.8) is 0 Å². The predicted molar refractivity (Wildman–Crippen MR) is 61.7 cm³/mol. The van der Waals surface area contributed by atoms with Crippen LogP contribution in [0.2, 0.25) is 0 Å². The second kappa shape index (κ2) is 5.78. The van der Waals surface area contributed by atoms with Crippen LogP contribution in [0.1, 0.15) is 5.56 Å². The summed E-state index contributed by atoms with van der Waals surface area (Å²) >= 11 is 1.65. The van der Waals surface area contributed by atoms with Crippen LogP contribution in [-0.2, 0) is 16.1 Å². The highest BCUT2D eigenvalue weighted by molar-refractivity contribution is 7.98. The molecule has 0 fully saturated rings. The first-order valence-corrected chi connectivity index (χ1v) is 5.84. The number of hydrogen-bond acceptors (Lipinski definition) is 3. The van der Waals surface area contributed by atoms with Crippen molar-refractivity contribution in [2.45, 2.75) is 11.3 Å². The number of thioether (sulfide) groups is 1. The number of carbonyl (C=O) groups is 1. The average Bonchev–Trinajstić information content (AvgIpc) is 2.28. The molecule has 0 heterocycles. The first-order chi connectivity index (χ1) is 7.19. The summed E-state index contributed by atoms with van der Waals surface area (Å²) in [7, 11) is 3.10. The summed E-state index contributed by atoms with van der Waals surface area (Å²) in [6.07, 6.45) is 2.38. The summed E-state index contributed by atoms with van der Waals surface area (Å²) in [5, 5.41) is 1.25. The van der Waals surface area contributed by atoms with Gasteiger partial charge in [0.1, 0.15) is 0 Å². The molecule has 0 spiro atoms. The lowest BCUT2D eigenvalue weighted by Crippen LogP contribution is -2.27. The van der Waals surface area contributed by atoms with E-state index in [0.29, 0.717) is 6.42 Å². The zero-order valence-electron chi connectivity index (χ0n) is 9.19. The van der Waals surface area contributed by atoms with Gasteiger partial charge >= 0.3 is 0 Å². The first kappa shape index (κ1) is 12.1. The lowest BCUT2D eigenvalue weighted by molar-refractivity contribution is -0.167. The van der Waals surface area contributed by atoms with E-state index in [1.54, 1.807) is 18.8 Å². The molecule has 1 amide bonds. The summed E-state index contributed by atoms with van der Waals surface area (Å²) in [6, 6.07) is 7.89.